The second-order valence-corrected chi connectivity index (χ2v) is 12.0. The van der Waals surface area contributed by atoms with Crippen LogP contribution in [-0.2, 0) is 19.6 Å². The quantitative estimate of drug-likeness (QED) is 0.217. The number of carbonyl (C=O) groups is 1. The summed E-state index contributed by atoms with van der Waals surface area (Å²) in [6, 6.07) is 23.4. The number of thiophene rings is 1. The number of amides is 1. The summed E-state index contributed by atoms with van der Waals surface area (Å²) in [5.74, 6) is 0.108. The van der Waals surface area contributed by atoms with Crippen LogP contribution in [0.25, 0.3) is 22.5 Å². The molecule has 2 aromatic carbocycles. The third-order valence-electron chi connectivity index (χ3n) is 5.95. The minimum absolute atomic E-state index is 0.0972. The van der Waals surface area contributed by atoms with Crippen molar-refractivity contribution in [2.24, 2.45) is 0 Å². The van der Waals surface area contributed by atoms with E-state index in [9.17, 15) is 13.2 Å². The topological polar surface area (TPSA) is 101 Å². The Morgan fingerprint density at radius 2 is 1.62 bits per heavy atom. The number of carbonyl (C=O) groups excluding carboxylic acids is 1. The molecule has 4 aromatic rings. The van der Waals surface area contributed by atoms with Gasteiger partial charge in [-0.1, -0.05) is 66.7 Å². The van der Waals surface area contributed by atoms with Crippen molar-refractivity contribution < 1.29 is 17.9 Å². The van der Waals surface area contributed by atoms with Gasteiger partial charge in [-0.3, -0.25) is 9.78 Å². The zero-order valence-electron chi connectivity index (χ0n) is 22.0. The maximum absolute atomic E-state index is 12.1. The monoisotopic (exact) mass is 564 g/mol. The second kappa shape index (κ2) is 13.5. The van der Waals surface area contributed by atoms with Crippen molar-refractivity contribution in [1.82, 2.24) is 14.7 Å². The maximum atomic E-state index is 12.1. The number of anilines is 1. The molecule has 0 aliphatic carbocycles. The number of nitrogens with one attached hydrogen (secondary N) is 1. The van der Waals surface area contributed by atoms with E-state index < -0.39 is 15.9 Å². The molecule has 0 aliphatic heterocycles. The van der Waals surface area contributed by atoms with Crippen molar-refractivity contribution in [3.63, 3.8) is 0 Å². The van der Waals surface area contributed by atoms with Gasteiger partial charge in [-0.05, 0) is 38.1 Å². The molecule has 0 saturated carbocycles. The van der Waals surface area contributed by atoms with E-state index in [1.54, 1.807) is 11.4 Å². The maximum Gasteiger partial charge on any atom is 0.273 e. The highest BCUT2D eigenvalue weighted by molar-refractivity contribution is 7.92. The molecule has 204 valence electrons. The predicted molar refractivity (Wildman–Crippen MR) is 155 cm³/mol. The van der Waals surface area contributed by atoms with Crippen LogP contribution in [0.15, 0.2) is 88.6 Å². The van der Waals surface area contributed by atoms with Crippen LogP contribution in [0.4, 0.5) is 5.82 Å². The van der Waals surface area contributed by atoms with Crippen molar-refractivity contribution in [3.05, 3.63) is 84.4 Å². The standard InChI is InChI=1S/C29H32N4O4S2/c1-22(2)33(17-9-10-18-37-21-26(34)32-39(35,36)27-16-11-19-38-27)25-20-30-28(23-12-5-3-6-13-23)29(31-25)24-14-7-4-8-15-24/h3-8,11-16,19-20,22H,9-10,17-18,21H2,1-2H3,(H,32,34). The van der Waals surface area contributed by atoms with Crippen molar-refractivity contribution in [3.8, 4) is 22.5 Å². The van der Waals surface area contributed by atoms with Gasteiger partial charge in [0.25, 0.3) is 15.9 Å². The van der Waals surface area contributed by atoms with Crippen LogP contribution >= 0.6 is 11.3 Å². The number of ether oxygens (including phenoxy) is 1. The molecule has 0 radical (unpaired) electrons. The first-order chi connectivity index (χ1) is 18.8. The number of unbranched alkanes of at least 4 members (excludes halogenated alkanes) is 1. The van der Waals surface area contributed by atoms with E-state index in [-0.39, 0.29) is 16.9 Å². The van der Waals surface area contributed by atoms with Gasteiger partial charge < -0.3 is 9.64 Å². The van der Waals surface area contributed by atoms with E-state index in [2.05, 4.69) is 18.7 Å². The summed E-state index contributed by atoms with van der Waals surface area (Å²) in [6.07, 6.45) is 3.33. The highest BCUT2D eigenvalue weighted by Gasteiger charge is 2.19. The Bertz CT molecular complexity index is 1450. The molecule has 1 N–H and O–H groups in total. The fraction of sp³-hybridized carbons (Fsp3) is 0.276. The summed E-state index contributed by atoms with van der Waals surface area (Å²) in [5.41, 5.74) is 3.68. The summed E-state index contributed by atoms with van der Waals surface area (Å²) < 4.78 is 31.8. The number of nitrogens with zero attached hydrogens (tertiary/aromatic N) is 3. The fourth-order valence-electron chi connectivity index (χ4n) is 4.06. The van der Waals surface area contributed by atoms with Crippen molar-refractivity contribution in [2.75, 3.05) is 24.7 Å². The lowest BCUT2D eigenvalue weighted by molar-refractivity contribution is -0.123. The van der Waals surface area contributed by atoms with Crippen LogP contribution in [0, 0.1) is 0 Å². The van der Waals surface area contributed by atoms with Gasteiger partial charge in [0, 0.05) is 30.3 Å². The second-order valence-electron chi connectivity index (χ2n) is 9.17. The van der Waals surface area contributed by atoms with Gasteiger partial charge in [0.15, 0.2) is 0 Å². The van der Waals surface area contributed by atoms with Crippen LogP contribution < -0.4 is 9.62 Å². The molecule has 0 aliphatic rings. The van der Waals surface area contributed by atoms with E-state index in [4.69, 9.17) is 14.7 Å². The van der Waals surface area contributed by atoms with Gasteiger partial charge in [-0.2, -0.15) is 0 Å². The Labute approximate surface area is 233 Å². The molecule has 0 bridgehead atoms. The summed E-state index contributed by atoms with van der Waals surface area (Å²) >= 11 is 1.05. The zero-order valence-corrected chi connectivity index (χ0v) is 23.6. The Morgan fingerprint density at radius 3 is 2.23 bits per heavy atom. The number of benzene rings is 2. The molecule has 10 heteroatoms. The average molecular weight is 565 g/mol. The van der Waals surface area contributed by atoms with E-state index in [0.717, 1.165) is 52.6 Å². The van der Waals surface area contributed by atoms with Crippen LogP contribution in [0.3, 0.4) is 0 Å². The average Bonchev–Trinajstić information content (AvgIpc) is 3.49. The normalized spacial score (nSPS) is 11.5. The third-order valence-corrected chi connectivity index (χ3v) is 8.72. The molecule has 0 saturated heterocycles. The molecule has 0 atom stereocenters. The van der Waals surface area contributed by atoms with Gasteiger partial charge in [-0.15, -0.1) is 11.3 Å². The Kier molecular flexibility index (Phi) is 9.80. The van der Waals surface area contributed by atoms with Crippen molar-refractivity contribution >= 4 is 33.1 Å². The van der Waals surface area contributed by atoms with Crippen LogP contribution in [0.2, 0.25) is 0 Å². The van der Waals surface area contributed by atoms with Gasteiger partial charge in [0.1, 0.15) is 16.6 Å². The molecule has 8 nitrogen and oxygen atoms in total. The molecule has 0 spiro atoms. The minimum Gasteiger partial charge on any atom is -0.372 e. The number of hydrogen-bond donors (Lipinski definition) is 1. The molecule has 39 heavy (non-hydrogen) atoms. The highest BCUT2D eigenvalue weighted by atomic mass is 32.2. The van der Waals surface area contributed by atoms with Gasteiger partial charge >= 0.3 is 0 Å². The van der Waals surface area contributed by atoms with E-state index >= 15 is 0 Å². The molecular weight excluding hydrogens is 532 g/mol. The molecule has 2 heterocycles. The zero-order chi connectivity index (χ0) is 27.7. The first kappa shape index (κ1) is 28.4. The summed E-state index contributed by atoms with van der Waals surface area (Å²) in [7, 11) is -3.84. The third kappa shape index (κ3) is 7.72. The number of rotatable bonds is 13. The van der Waals surface area contributed by atoms with Crippen LogP contribution in [-0.4, -0.2) is 50.1 Å². The Balaban J connectivity index is 1.35. The van der Waals surface area contributed by atoms with Gasteiger partial charge in [0.2, 0.25) is 0 Å². The van der Waals surface area contributed by atoms with Gasteiger partial charge in [-0.25, -0.2) is 18.1 Å². The predicted octanol–water partition coefficient (Wildman–Crippen LogP) is 5.39. The smallest absolute Gasteiger partial charge is 0.273 e. The lowest BCUT2D eigenvalue weighted by Crippen LogP contribution is -2.33. The van der Waals surface area contributed by atoms with E-state index in [0.29, 0.717) is 13.0 Å². The number of hydrogen-bond acceptors (Lipinski definition) is 8. The number of sulfonamides is 1. The van der Waals surface area contributed by atoms with E-state index in [1.807, 2.05) is 71.6 Å². The largest absolute Gasteiger partial charge is 0.372 e. The fourth-order valence-corrected chi connectivity index (χ4v) is 6.02. The first-order valence-corrected chi connectivity index (χ1v) is 15.1. The van der Waals surface area contributed by atoms with Crippen LogP contribution in [0.5, 0.6) is 0 Å². The molecule has 4 rings (SSSR count). The summed E-state index contributed by atoms with van der Waals surface area (Å²) in [5, 5.41) is 1.64. The lowest BCUT2D eigenvalue weighted by Gasteiger charge is -2.28. The molecular formula is C29H32N4O4S2. The molecule has 1 amide bonds. The minimum atomic E-state index is -3.84. The summed E-state index contributed by atoms with van der Waals surface area (Å²) in [6.45, 7) is 4.99. The Morgan fingerprint density at radius 1 is 0.949 bits per heavy atom. The van der Waals surface area contributed by atoms with Crippen molar-refractivity contribution in [1.29, 1.82) is 0 Å². The first-order valence-electron chi connectivity index (χ1n) is 12.8. The van der Waals surface area contributed by atoms with E-state index in [1.165, 1.54) is 6.07 Å². The molecule has 2 aromatic heterocycles. The number of aromatic nitrogens is 2. The SMILES string of the molecule is CC(C)N(CCCCOCC(=O)NS(=O)(=O)c1cccs1)c1cnc(-c2ccccc2)c(-c2ccccc2)n1. The van der Waals surface area contributed by atoms with Gasteiger partial charge in [0.05, 0.1) is 17.6 Å². The lowest BCUT2D eigenvalue weighted by atomic mass is 10.0. The Hall–Kier alpha value is -3.60. The molecule has 0 unspecified atom stereocenters. The van der Waals surface area contributed by atoms with Crippen molar-refractivity contribution in [2.45, 2.75) is 36.9 Å². The summed E-state index contributed by atoms with van der Waals surface area (Å²) in [4.78, 5) is 24.1. The molecule has 0 fully saturated rings. The highest BCUT2D eigenvalue weighted by Crippen LogP contribution is 2.31. The van der Waals surface area contributed by atoms with Crippen LogP contribution in [0.1, 0.15) is 26.7 Å².